The highest BCUT2D eigenvalue weighted by atomic mass is 32.1. The van der Waals surface area contributed by atoms with E-state index in [-0.39, 0.29) is 17.7 Å². The Morgan fingerprint density at radius 3 is 2.27 bits per heavy atom. The lowest BCUT2D eigenvalue weighted by Crippen LogP contribution is -2.55. The van der Waals surface area contributed by atoms with Gasteiger partial charge >= 0.3 is 0 Å². The van der Waals surface area contributed by atoms with E-state index in [1.165, 1.54) is 49.9 Å². The van der Waals surface area contributed by atoms with Gasteiger partial charge in [-0.05, 0) is 79.1 Å². The molecule has 2 amide bonds. The fourth-order valence-electron chi connectivity index (χ4n) is 6.05. The zero-order valence-electron chi connectivity index (χ0n) is 15.8. The van der Waals surface area contributed by atoms with Gasteiger partial charge in [0.1, 0.15) is 6.04 Å². The van der Waals surface area contributed by atoms with Gasteiger partial charge in [-0.2, -0.15) is 0 Å². The zero-order valence-corrected chi connectivity index (χ0v) is 16.6. The molecule has 5 heteroatoms. The summed E-state index contributed by atoms with van der Waals surface area (Å²) in [6.45, 7) is 4.76. The van der Waals surface area contributed by atoms with Crippen molar-refractivity contribution in [2.45, 2.75) is 58.4 Å². The van der Waals surface area contributed by atoms with E-state index in [2.05, 4.69) is 10.6 Å². The van der Waals surface area contributed by atoms with Crippen LogP contribution in [0, 0.1) is 29.1 Å². The molecule has 4 bridgehead atoms. The fourth-order valence-corrected chi connectivity index (χ4v) is 6.67. The van der Waals surface area contributed by atoms with Crippen molar-refractivity contribution in [2.24, 2.45) is 29.1 Å². The number of hydrogen-bond donors (Lipinski definition) is 2. The third-order valence-corrected chi connectivity index (χ3v) is 7.65. The van der Waals surface area contributed by atoms with Crippen LogP contribution < -0.4 is 10.6 Å². The number of amides is 2. The third kappa shape index (κ3) is 3.55. The van der Waals surface area contributed by atoms with E-state index in [4.69, 9.17) is 0 Å². The van der Waals surface area contributed by atoms with E-state index in [1.54, 1.807) is 6.07 Å². The van der Waals surface area contributed by atoms with E-state index in [9.17, 15) is 9.59 Å². The van der Waals surface area contributed by atoms with Crippen LogP contribution in [0.5, 0.6) is 0 Å². The molecule has 142 valence electrons. The molecule has 1 aromatic heterocycles. The Kier molecular flexibility index (Phi) is 4.84. The maximum Gasteiger partial charge on any atom is 0.262 e. The lowest BCUT2D eigenvalue weighted by Gasteiger charge is -2.57. The van der Waals surface area contributed by atoms with Crippen molar-refractivity contribution in [2.75, 3.05) is 6.54 Å². The molecule has 1 heterocycles. The molecule has 4 aliphatic rings. The number of carbonyl (C=O) groups is 2. The Labute approximate surface area is 160 Å². The van der Waals surface area contributed by atoms with Crippen LogP contribution in [0.3, 0.4) is 0 Å². The molecule has 0 aliphatic heterocycles. The van der Waals surface area contributed by atoms with Gasteiger partial charge in [-0.25, -0.2) is 0 Å². The number of carbonyl (C=O) groups excluding carboxylic acids is 2. The van der Waals surface area contributed by atoms with Crippen molar-refractivity contribution in [1.82, 2.24) is 10.6 Å². The van der Waals surface area contributed by atoms with Crippen LogP contribution in [0.15, 0.2) is 17.5 Å². The van der Waals surface area contributed by atoms with E-state index in [1.807, 2.05) is 25.3 Å². The molecular formula is C21H30N2O2S. The van der Waals surface area contributed by atoms with Gasteiger partial charge in [-0.15, -0.1) is 11.3 Å². The SMILES string of the molecule is CC(C)[C@@H](NC(=O)c1cccs1)C(=O)NCC12CC3CC(CC(C3)C1)C2. The minimum atomic E-state index is -0.474. The lowest BCUT2D eigenvalue weighted by molar-refractivity contribution is -0.126. The number of rotatable bonds is 6. The van der Waals surface area contributed by atoms with Crippen molar-refractivity contribution in [3.8, 4) is 0 Å². The zero-order chi connectivity index (χ0) is 18.3. The van der Waals surface area contributed by atoms with Gasteiger partial charge in [0.15, 0.2) is 0 Å². The molecule has 1 atom stereocenters. The molecule has 4 aliphatic carbocycles. The Morgan fingerprint density at radius 1 is 1.15 bits per heavy atom. The molecule has 0 spiro atoms. The highest BCUT2D eigenvalue weighted by molar-refractivity contribution is 7.12. The van der Waals surface area contributed by atoms with Crippen LogP contribution >= 0.6 is 11.3 Å². The molecular weight excluding hydrogens is 344 g/mol. The molecule has 0 aromatic carbocycles. The lowest BCUT2D eigenvalue weighted by atomic mass is 9.49. The summed E-state index contributed by atoms with van der Waals surface area (Å²) in [7, 11) is 0. The second-order valence-electron chi connectivity index (χ2n) is 9.31. The predicted octanol–water partition coefficient (Wildman–Crippen LogP) is 3.84. The normalized spacial score (nSPS) is 33.3. The Morgan fingerprint density at radius 2 is 1.77 bits per heavy atom. The second kappa shape index (κ2) is 6.99. The first-order valence-electron chi connectivity index (χ1n) is 10.1. The van der Waals surface area contributed by atoms with Crippen LogP contribution in [-0.2, 0) is 4.79 Å². The summed E-state index contributed by atoms with van der Waals surface area (Å²) in [5.41, 5.74) is 0.323. The predicted molar refractivity (Wildman–Crippen MR) is 104 cm³/mol. The molecule has 0 unspecified atom stereocenters. The highest BCUT2D eigenvalue weighted by Gasteiger charge is 2.50. The van der Waals surface area contributed by atoms with E-state index < -0.39 is 6.04 Å². The van der Waals surface area contributed by atoms with E-state index >= 15 is 0 Å². The summed E-state index contributed by atoms with van der Waals surface area (Å²) in [5, 5.41) is 8.04. The van der Waals surface area contributed by atoms with Gasteiger partial charge in [0.2, 0.25) is 5.91 Å². The first-order valence-corrected chi connectivity index (χ1v) is 10.9. The summed E-state index contributed by atoms with van der Waals surface area (Å²) in [4.78, 5) is 25.9. The van der Waals surface area contributed by atoms with Crippen molar-refractivity contribution >= 4 is 23.2 Å². The second-order valence-corrected chi connectivity index (χ2v) is 10.3. The van der Waals surface area contributed by atoms with Crippen LogP contribution in [0.2, 0.25) is 0 Å². The average Bonchev–Trinajstić information content (AvgIpc) is 3.10. The topological polar surface area (TPSA) is 58.2 Å². The quantitative estimate of drug-likeness (QED) is 0.795. The monoisotopic (exact) mass is 374 g/mol. The molecule has 4 fully saturated rings. The first kappa shape index (κ1) is 18.0. The molecule has 4 nitrogen and oxygen atoms in total. The van der Waals surface area contributed by atoms with Crippen LogP contribution in [0.1, 0.15) is 62.0 Å². The number of thiophene rings is 1. The molecule has 1 aromatic rings. The van der Waals surface area contributed by atoms with Gasteiger partial charge in [0.05, 0.1) is 4.88 Å². The van der Waals surface area contributed by atoms with Crippen molar-refractivity contribution < 1.29 is 9.59 Å². The van der Waals surface area contributed by atoms with Crippen LogP contribution in [0.4, 0.5) is 0 Å². The summed E-state index contributed by atoms with van der Waals surface area (Å²) in [6.07, 6.45) is 8.10. The molecule has 5 rings (SSSR count). The van der Waals surface area contributed by atoms with E-state index in [0.717, 1.165) is 24.3 Å². The summed E-state index contributed by atoms with van der Waals surface area (Å²) in [5.74, 6) is 2.55. The molecule has 4 saturated carbocycles. The molecule has 0 saturated heterocycles. The van der Waals surface area contributed by atoms with Crippen molar-refractivity contribution in [3.63, 3.8) is 0 Å². The number of hydrogen-bond acceptors (Lipinski definition) is 3. The summed E-state index contributed by atoms with van der Waals surface area (Å²) < 4.78 is 0. The number of nitrogens with one attached hydrogen (secondary N) is 2. The van der Waals surface area contributed by atoms with Gasteiger partial charge < -0.3 is 10.6 Å². The molecule has 26 heavy (non-hydrogen) atoms. The molecule has 2 N–H and O–H groups in total. The smallest absolute Gasteiger partial charge is 0.262 e. The Balaban J connectivity index is 1.37. The minimum absolute atomic E-state index is 0.0272. The fraction of sp³-hybridized carbons (Fsp3) is 0.714. The Bertz CT molecular complexity index is 632. The maximum atomic E-state index is 12.9. The summed E-state index contributed by atoms with van der Waals surface area (Å²) in [6, 6.07) is 3.18. The van der Waals surface area contributed by atoms with E-state index in [0.29, 0.717) is 10.3 Å². The largest absolute Gasteiger partial charge is 0.354 e. The van der Waals surface area contributed by atoms with Gasteiger partial charge in [0.25, 0.3) is 5.91 Å². The van der Waals surface area contributed by atoms with Gasteiger partial charge in [-0.3, -0.25) is 9.59 Å². The molecule has 0 radical (unpaired) electrons. The van der Waals surface area contributed by atoms with Crippen molar-refractivity contribution in [1.29, 1.82) is 0 Å². The third-order valence-electron chi connectivity index (χ3n) is 6.78. The maximum absolute atomic E-state index is 12.9. The van der Waals surface area contributed by atoms with Crippen LogP contribution in [-0.4, -0.2) is 24.4 Å². The Hall–Kier alpha value is -1.36. The van der Waals surface area contributed by atoms with Crippen molar-refractivity contribution in [3.05, 3.63) is 22.4 Å². The minimum Gasteiger partial charge on any atom is -0.354 e. The average molecular weight is 375 g/mol. The standard InChI is InChI=1S/C21H30N2O2S/c1-13(2)18(23-19(24)17-4-3-5-26-17)20(25)22-12-21-9-14-6-15(10-21)8-16(7-14)11-21/h3-5,13-16,18H,6-12H2,1-2H3,(H,22,25)(H,23,24)/t14?,15?,16?,18-,21?/m1/s1. The first-order chi connectivity index (χ1) is 12.4. The van der Waals surface area contributed by atoms with Crippen LogP contribution in [0.25, 0.3) is 0 Å². The van der Waals surface area contributed by atoms with Gasteiger partial charge in [-0.1, -0.05) is 19.9 Å². The van der Waals surface area contributed by atoms with Gasteiger partial charge in [0, 0.05) is 6.54 Å². The summed E-state index contributed by atoms with van der Waals surface area (Å²) >= 11 is 1.40. The highest BCUT2D eigenvalue weighted by Crippen LogP contribution is 2.59.